The van der Waals surface area contributed by atoms with Gasteiger partial charge in [-0.15, -0.1) is 0 Å². The maximum atomic E-state index is 13.6. The van der Waals surface area contributed by atoms with Crippen LogP contribution in [0.1, 0.15) is 31.0 Å². The van der Waals surface area contributed by atoms with Gasteiger partial charge in [-0.25, -0.2) is 9.79 Å². The predicted octanol–water partition coefficient (Wildman–Crippen LogP) is 3.37. The molecule has 8 heteroatoms. The average molecular weight is 491 g/mol. The number of carbonyl (C=O) groups is 1. The minimum absolute atomic E-state index is 0.0626. The predicted molar refractivity (Wildman–Crippen MR) is 136 cm³/mol. The minimum atomic E-state index is -0.683. The molecule has 0 spiro atoms. The summed E-state index contributed by atoms with van der Waals surface area (Å²) in [5.41, 5.74) is 2.20. The zero-order valence-corrected chi connectivity index (χ0v) is 20.6. The Hall–Kier alpha value is -3.91. The summed E-state index contributed by atoms with van der Waals surface area (Å²) in [6.45, 7) is 7.93. The van der Waals surface area contributed by atoms with E-state index in [9.17, 15) is 9.59 Å². The molecule has 4 rings (SSSR count). The first-order chi connectivity index (χ1) is 17.0. The maximum absolute atomic E-state index is 13.6. The lowest BCUT2D eigenvalue weighted by atomic mass is 9.96. The first-order valence-corrected chi connectivity index (χ1v) is 12.0. The molecule has 1 unspecified atom stereocenters. The van der Waals surface area contributed by atoms with Gasteiger partial charge in [0.15, 0.2) is 4.80 Å². The molecule has 0 aliphatic carbocycles. The Bertz CT molecular complexity index is 1450. The van der Waals surface area contributed by atoms with E-state index < -0.39 is 12.0 Å². The summed E-state index contributed by atoms with van der Waals surface area (Å²) in [6.07, 6.45) is 3.32. The minimum Gasteiger partial charge on any atom is -0.497 e. The van der Waals surface area contributed by atoms with Gasteiger partial charge in [-0.1, -0.05) is 48.3 Å². The third-order valence-corrected chi connectivity index (χ3v) is 6.48. The van der Waals surface area contributed by atoms with Crippen molar-refractivity contribution in [1.29, 1.82) is 0 Å². The van der Waals surface area contributed by atoms with Gasteiger partial charge in [-0.2, -0.15) is 0 Å². The molecule has 1 aliphatic heterocycles. The standard InChI is InChI=1S/C27H26N2O5S/c1-5-15-34-26(31)23-17(3)28-27-29(24(23)19-9-13-20(32-4)14-10-19)25(30)22(35-27)16-18-7-11-21(12-8-18)33-6-2/h5,7-14,16,24H,1,6,15H2,2-4H3/b22-16-. The van der Waals surface area contributed by atoms with Crippen LogP contribution in [0.2, 0.25) is 0 Å². The highest BCUT2D eigenvalue weighted by Gasteiger charge is 2.33. The Morgan fingerprint density at radius 2 is 1.83 bits per heavy atom. The highest BCUT2D eigenvalue weighted by Crippen LogP contribution is 2.31. The fourth-order valence-corrected chi connectivity index (χ4v) is 4.92. The summed E-state index contributed by atoms with van der Waals surface area (Å²) in [7, 11) is 1.58. The smallest absolute Gasteiger partial charge is 0.338 e. The number of carbonyl (C=O) groups excluding carboxylic acids is 1. The summed E-state index contributed by atoms with van der Waals surface area (Å²) in [5, 5.41) is 0. The van der Waals surface area contributed by atoms with Crippen LogP contribution in [-0.4, -0.2) is 30.9 Å². The molecular formula is C27H26N2O5S. The highest BCUT2D eigenvalue weighted by atomic mass is 32.1. The van der Waals surface area contributed by atoms with Crippen molar-refractivity contribution in [3.05, 3.63) is 103 Å². The van der Waals surface area contributed by atoms with Crippen LogP contribution in [0.25, 0.3) is 6.08 Å². The Kier molecular flexibility index (Phi) is 7.31. The van der Waals surface area contributed by atoms with E-state index in [0.717, 1.165) is 16.9 Å². The van der Waals surface area contributed by atoms with Crippen molar-refractivity contribution >= 4 is 23.4 Å². The van der Waals surface area contributed by atoms with Crippen LogP contribution < -0.4 is 24.4 Å². The van der Waals surface area contributed by atoms with Gasteiger partial charge in [0.05, 0.1) is 35.6 Å². The van der Waals surface area contributed by atoms with Crippen molar-refractivity contribution < 1.29 is 19.0 Å². The topological polar surface area (TPSA) is 79.1 Å². The molecule has 0 N–H and O–H groups in total. The fraction of sp³-hybridized carbons (Fsp3) is 0.222. The Morgan fingerprint density at radius 3 is 2.46 bits per heavy atom. The number of nitrogens with zero attached hydrogens (tertiary/aromatic N) is 2. The van der Waals surface area contributed by atoms with Gasteiger partial charge < -0.3 is 14.2 Å². The number of benzene rings is 2. The molecule has 2 heterocycles. The number of hydrogen-bond donors (Lipinski definition) is 0. The second kappa shape index (κ2) is 10.6. The number of thiazole rings is 1. The van der Waals surface area contributed by atoms with Crippen LogP contribution in [0, 0.1) is 0 Å². The van der Waals surface area contributed by atoms with Gasteiger partial charge in [-0.05, 0) is 55.3 Å². The van der Waals surface area contributed by atoms with Crippen molar-refractivity contribution in [2.45, 2.75) is 19.9 Å². The molecule has 0 amide bonds. The molecule has 0 saturated heterocycles. The zero-order valence-electron chi connectivity index (χ0n) is 19.8. The summed E-state index contributed by atoms with van der Waals surface area (Å²) >= 11 is 1.28. The van der Waals surface area contributed by atoms with Crippen molar-refractivity contribution in [3.63, 3.8) is 0 Å². The lowest BCUT2D eigenvalue weighted by Crippen LogP contribution is -2.39. The SMILES string of the molecule is C=CCOC(=O)C1=C(C)N=c2s/c(=C\c3ccc(OCC)cc3)c(=O)n2C1c1ccc(OC)cc1. The van der Waals surface area contributed by atoms with Gasteiger partial charge in [0.25, 0.3) is 5.56 Å². The highest BCUT2D eigenvalue weighted by molar-refractivity contribution is 7.07. The summed E-state index contributed by atoms with van der Waals surface area (Å²) in [5.74, 6) is 0.907. The van der Waals surface area contributed by atoms with Crippen molar-refractivity contribution in [2.24, 2.45) is 4.99 Å². The van der Waals surface area contributed by atoms with Crippen LogP contribution in [0.4, 0.5) is 0 Å². The normalized spacial score (nSPS) is 15.3. The van der Waals surface area contributed by atoms with E-state index in [1.54, 1.807) is 30.7 Å². The largest absolute Gasteiger partial charge is 0.497 e. The van der Waals surface area contributed by atoms with E-state index in [0.29, 0.717) is 33.0 Å². The summed E-state index contributed by atoms with van der Waals surface area (Å²) in [4.78, 5) is 31.8. The summed E-state index contributed by atoms with van der Waals surface area (Å²) in [6, 6.07) is 14.1. The van der Waals surface area contributed by atoms with Gasteiger partial charge in [-0.3, -0.25) is 9.36 Å². The third-order valence-electron chi connectivity index (χ3n) is 5.49. The van der Waals surface area contributed by atoms with Crippen LogP contribution in [0.5, 0.6) is 11.5 Å². The third kappa shape index (κ3) is 4.97. The summed E-state index contributed by atoms with van der Waals surface area (Å²) < 4.78 is 18.2. The molecular weight excluding hydrogens is 464 g/mol. The first-order valence-electron chi connectivity index (χ1n) is 11.1. The van der Waals surface area contributed by atoms with E-state index in [2.05, 4.69) is 11.6 Å². The molecule has 2 aromatic carbocycles. The van der Waals surface area contributed by atoms with Crippen molar-refractivity contribution in [2.75, 3.05) is 20.3 Å². The van der Waals surface area contributed by atoms with Crippen LogP contribution in [0.3, 0.4) is 0 Å². The zero-order chi connectivity index (χ0) is 24.9. The van der Waals surface area contributed by atoms with E-state index >= 15 is 0 Å². The molecule has 0 radical (unpaired) electrons. The van der Waals surface area contributed by atoms with E-state index in [1.165, 1.54) is 17.4 Å². The van der Waals surface area contributed by atoms with Crippen molar-refractivity contribution in [3.8, 4) is 11.5 Å². The van der Waals surface area contributed by atoms with Gasteiger partial charge in [0.1, 0.15) is 18.1 Å². The second-order valence-electron chi connectivity index (χ2n) is 7.74. The second-order valence-corrected chi connectivity index (χ2v) is 8.75. The first kappa shape index (κ1) is 24.2. The number of methoxy groups -OCH3 is 1. The Balaban J connectivity index is 1.86. The number of hydrogen-bond acceptors (Lipinski definition) is 7. The van der Waals surface area contributed by atoms with Crippen LogP contribution in [-0.2, 0) is 9.53 Å². The van der Waals surface area contributed by atoms with Gasteiger partial charge in [0, 0.05) is 0 Å². The number of ether oxygens (including phenoxy) is 3. The monoisotopic (exact) mass is 490 g/mol. The quantitative estimate of drug-likeness (QED) is 0.357. The lowest BCUT2D eigenvalue weighted by Gasteiger charge is -2.24. The molecule has 1 aromatic heterocycles. The van der Waals surface area contributed by atoms with Crippen LogP contribution >= 0.6 is 11.3 Å². The Labute approximate surface area is 206 Å². The molecule has 35 heavy (non-hydrogen) atoms. The molecule has 180 valence electrons. The maximum Gasteiger partial charge on any atom is 0.338 e. The number of allylic oxidation sites excluding steroid dienone is 1. The number of fused-ring (bicyclic) bond motifs is 1. The number of esters is 1. The molecule has 0 bridgehead atoms. The molecule has 0 saturated carbocycles. The molecule has 1 atom stereocenters. The lowest BCUT2D eigenvalue weighted by molar-refractivity contribution is -0.138. The van der Waals surface area contributed by atoms with Crippen LogP contribution in [0.15, 0.2) is 82.2 Å². The molecule has 0 fully saturated rings. The van der Waals surface area contributed by atoms with Gasteiger partial charge in [0.2, 0.25) is 0 Å². The van der Waals surface area contributed by atoms with Gasteiger partial charge >= 0.3 is 5.97 Å². The van der Waals surface area contributed by atoms with E-state index in [-0.39, 0.29) is 12.2 Å². The molecule has 3 aromatic rings. The fourth-order valence-electron chi connectivity index (χ4n) is 3.87. The Morgan fingerprint density at radius 1 is 1.14 bits per heavy atom. The molecule has 7 nitrogen and oxygen atoms in total. The number of rotatable bonds is 8. The van der Waals surface area contributed by atoms with Crippen molar-refractivity contribution in [1.82, 2.24) is 4.57 Å². The van der Waals surface area contributed by atoms with E-state index in [4.69, 9.17) is 14.2 Å². The van der Waals surface area contributed by atoms with E-state index in [1.807, 2.05) is 49.4 Å². The average Bonchev–Trinajstić information content (AvgIpc) is 3.17. The number of aromatic nitrogens is 1. The molecule has 1 aliphatic rings.